The third kappa shape index (κ3) is 5.69. The molecule has 1 saturated heterocycles. The van der Waals surface area contributed by atoms with Crippen LogP contribution in [0.15, 0.2) is 79.4 Å². The van der Waals surface area contributed by atoms with Gasteiger partial charge in [-0.1, -0.05) is 61.7 Å². The Morgan fingerprint density at radius 3 is 2.26 bits per heavy atom. The zero-order valence-corrected chi connectivity index (χ0v) is 18.5. The van der Waals surface area contributed by atoms with Crippen LogP contribution in [0.25, 0.3) is 0 Å². The molecule has 2 atom stereocenters. The number of halogens is 1. The second-order valence-electron chi connectivity index (χ2n) is 8.15. The van der Waals surface area contributed by atoms with Gasteiger partial charge in [0.05, 0.1) is 12.6 Å². The summed E-state index contributed by atoms with van der Waals surface area (Å²) in [4.78, 5) is 19.2. The SMILES string of the molecule is C=CC(=C)C(c1ccc(F)cc1)N1CCN(C(=O)CN(C)[C@@H](C)c2ccccc2)CC1. The van der Waals surface area contributed by atoms with E-state index in [4.69, 9.17) is 0 Å². The maximum atomic E-state index is 13.4. The molecule has 164 valence electrons. The Kier molecular flexibility index (Phi) is 7.77. The van der Waals surface area contributed by atoms with Gasteiger partial charge in [-0.3, -0.25) is 14.6 Å². The lowest BCUT2D eigenvalue weighted by Crippen LogP contribution is -2.51. The molecule has 3 rings (SSSR count). The molecule has 0 radical (unpaired) electrons. The van der Waals surface area contributed by atoms with E-state index in [0.717, 1.165) is 24.2 Å². The summed E-state index contributed by atoms with van der Waals surface area (Å²) in [7, 11) is 1.99. The van der Waals surface area contributed by atoms with Gasteiger partial charge < -0.3 is 4.90 Å². The van der Waals surface area contributed by atoms with Crippen LogP contribution in [0.3, 0.4) is 0 Å². The lowest BCUT2D eigenvalue weighted by atomic mass is 9.97. The molecule has 5 heteroatoms. The summed E-state index contributed by atoms with van der Waals surface area (Å²) in [5, 5.41) is 0. The Morgan fingerprint density at radius 2 is 1.68 bits per heavy atom. The first-order valence-corrected chi connectivity index (χ1v) is 10.7. The Hall–Kier alpha value is -2.76. The van der Waals surface area contributed by atoms with Gasteiger partial charge >= 0.3 is 0 Å². The monoisotopic (exact) mass is 421 g/mol. The molecule has 1 unspecified atom stereocenters. The summed E-state index contributed by atoms with van der Waals surface area (Å²) >= 11 is 0. The smallest absolute Gasteiger partial charge is 0.236 e. The zero-order chi connectivity index (χ0) is 22.4. The van der Waals surface area contributed by atoms with Gasteiger partial charge in [0.2, 0.25) is 5.91 Å². The van der Waals surface area contributed by atoms with E-state index < -0.39 is 0 Å². The third-order valence-corrected chi connectivity index (χ3v) is 6.16. The topological polar surface area (TPSA) is 26.8 Å². The van der Waals surface area contributed by atoms with Crippen LogP contribution in [0, 0.1) is 5.82 Å². The minimum atomic E-state index is -0.254. The molecule has 1 amide bonds. The van der Waals surface area contributed by atoms with Gasteiger partial charge in [0, 0.05) is 32.2 Å². The standard InChI is InChI=1S/C26H32FN3O/c1-5-20(2)26(23-11-13-24(27)14-12-23)30-17-15-29(16-18-30)25(31)19-28(4)21(3)22-9-7-6-8-10-22/h5-14,21,26H,1-2,15-19H2,3-4H3/t21-,26?/m0/s1. The van der Waals surface area contributed by atoms with Crippen LogP contribution in [0.1, 0.15) is 30.1 Å². The van der Waals surface area contributed by atoms with Crippen molar-refractivity contribution in [1.82, 2.24) is 14.7 Å². The van der Waals surface area contributed by atoms with Crippen molar-refractivity contribution in [2.45, 2.75) is 19.0 Å². The van der Waals surface area contributed by atoms with Crippen molar-refractivity contribution in [2.24, 2.45) is 0 Å². The highest BCUT2D eigenvalue weighted by Gasteiger charge is 2.28. The average Bonchev–Trinajstić information content (AvgIpc) is 2.80. The number of benzene rings is 2. The molecule has 4 nitrogen and oxygen atoms in total. The van der Waals surface area contributed by atoms with Crippen molar-refractivity contribution in [1.29, 1.82) is 0 Å². The van der Waals surface area contributed by atoms with Crippen LogP contribution < -0.4 is 0 Å². The number of piperazine rings is 1. The lowest BCUT2D eigenvalue weighted by Gasteiger charge is -2.40. The largest absolute Gasteiger partial charge is 0.339 e. The van der Waals surface area contributed by atoms with Crippen molar-refractivity contribution in [3.05, 3.63) is 96.3 Å². The van der Waals surface area contributed by atoms with E-state index in [1.807, 2.05) is 30.1 Å². The molecule has 31 heavy (non-hydrogen) atoms. The molecule has 1 aliphatic rings. The number of amides is 1. The molecule has 0 spiro atoms. The number of hydrogen-bond acceptors (Lipinski definition) is 3. The average molecular weight is 422 g/mol. The summed E-state index contributed by atoms with van der Waals surface area (Å²) in [6.07, 6.45) is 1.76. The number of carbonyl (C=O) groups is 1. The molecule has 1 heterocycles. The molecular weight excluding hydrogens is 389 g/mol. The predicted molar refractivity (Wildman–Crippen MR) is 124 cm³/mol. The summed E-state index contributed by atoms with van der Waals surface area (Å²) in [6, 6.07) is 16.9. The minimum absolute atomic E-state index is 0.0591. The molecule has 0 aliphatic carbocycles. The zero-order valence-electron chi connectivity index (χ0n) is 18.5. The van der Waals surface area contributed by atoms with Crippen LogP contribution in [0.4, 0.5) is 4.39 Å². The Balaban J connectivity index is 1.59. The Labute approximate surface area is 185 Å². The normalized spacial score (nSPS) is 16.7. The van der Waals surface area contributed by atoms with E-state index in [0.29, 0.717) is 19.6 Å². The number of likely N-dealkylation sites (N-methyl/N-ethyl adjacent to an activating group) is 1. The second kappa shape index (κ2) is 10.5. The van der Waals surface area contributed by atoms with Crippen LogP contribution in [0.2, 0.25) is 0 Å². The highest BCUT2D eigenvalue weighted by Crippen LogP contribution is 2.29. The second-order valence-corrected chi connectivity index (χ2v) is 8.15. The van der Waals surface area contributed by atoms with Gasteiger partial charge in [0.1, 0.15) is 5.82 Å². The van der Waals surface area contributed by atoms with Gasteiger partial charge in [-0.15, -0.1) is 0 Å². The maximum Gasteiger partial charge on any atom is 0.236 e. The van der Waals surface area contributed by atoms with Gasteiger partial charge in [-0.05, 0) is 42.8 Å². The molecular formula is C26H32FN3O. The molecule has 0 aromatic heterocycles. The maximum absolute atomic E-state index is 13.4. The summed E-state index contributed by atoms with van der Waals surface area (Å²) in [6.45, 7) is 13.3. The van der Waals surface area contributed by atoms with Crippen molar-refractivity contribution >= 4 is 5.91 Å². The fraction of sp³-hybridized carbons (Fsp3) is 0.346. The molecule has 2 aromatic rings. The quantitative estimate of drug-likeness (QED) is 0.590. The highest BCUT2D eigenvalue weighted by atomic mass is 19.1. The van der Waals surface area contributed by atoms with Crippen molar-refractivity contribution in [3.63, 3.8) is 0 Å². The Bertz CT molecular complexity index is 889. The first-order chi connectivity index (χ1) is 14.9. The number of rotatable bonds is 8. The third-order valence-electron chi connectivity index (χ3n) is 6.16. The molecule has 1 fully saturated rings. The number of hydrogen-bond donors (Lipinski definition) is 0. The van der Waals surface area contributed by atoms with Crippen molar-refractivity contribution < 1.29 is 9.18 Å². The predicted octanol–water partition coefficient (Wildman–Crippen LogP) is 4.45. The van der Waals surface area contributed by atoms with E-state index in [-0.39, 0.29) is 23.8 Å². The van der Waals surface area contributed by atoms with Crippen LogP contribution in [-0.2, 0) is 4.79 Å². The first kappa shape index (κ1) is 22.9. The molecule has 1 aliphatic heterocycles. The van der Waals surface area contributed by atoms with Gasteiger partial charge in [-0.25, -0.2) is 4.39 Å². The van der Waals surface area contributed by atoms with E-state index >= 15 is 0 Å². The van der Waals surface area contributed by atoms with E-state index in [1.165, 1.54) is 17.7 Å². The lowest BCUT2D eigenvalue weighted by molar-refractivity contribution is -0.134. The van der Waals surface area contributed by atoms with E-state index in [9.17, 15) is 9.18 Å². The number of nitrogens with zero attached hydrogens (tertiary/aromatic N) is 3. The molecule has 2 aromatic carbocycles. The van der Waals surface area contributed by atoms with Crippen LogP contribution in [0.5, 0.6) is 0 Å². The van der Waals surface area contributed by atoms with Gasteiger partial charge in [0.15, 0.2) is 0 Å². The molecule has 0 saturated carbocycles. The van der Waals surface area contributed by atoms with E-state index in [2.05, 4.69) is 42.0 Å². The highest BCUT2D eigenvalue weighted by molar-refractivity contribution is 5.78. The molecule has 0 N–H and O–H groups in total. The molecule has 0 bridgehead atoms. The van der Waals surface area contributed by atoms with Crippen molar-refractivity contribution in [3.8, 4) is 0 Å². The number of carbonyl (C=O) groups excluding carboxylic acids is 1. The van der Waals surface area contributed by atoms with Gasteiger partial charge in [-0.2, -0.15) is 0 Å². The van der Waals surface area contributed by atoms with E-state index in [1.54, 1.807) is 18.2 Å². The van der Waals surface area contributed by atoms with Crippen molar-refractivity contribution in [2.75, 3.05) is 39.8 Å². The van der Waals surface area contributed by atoms with Crippen LogP contribution in [-0.4, -0.2) is 60.4 Å². The fourth-order valence-corrected chi connectivity index (χ4v) is 4.08. The minimum Gasteiger partial charge on any atom is -0.339 e. The van der Waals surface area contributed by atoms with Crippen LogP contribution >= 0.6 is 0 Å². The summed E-state index contributed by atoms with van der Waals surface area (Å²) < 4.78 is 13.4. The summed E-state index contributed by atoms with van der Waals surface area (Å²) in [5.41, 5.74) is 3.07. The fourth-order valence-electron chi connectivity index (χ4n) is 4.08. The Morgan fingerprint density at radius 1 is 1.06 bits per heavy atom. The summed E-state index contributed by atoms with van der Waals surface area (Å²) in [5.74, 6) is -0.109. The first-order valence-electron chi connectivity index (χ1n) is 10.7. The van der Waals surface area contributed by atoms with Gasteiger partial charge in [0.25, 0.3) is 0 Å².